The van der Waals surface area contributed by atoms with E-state index in [1.54, 1.807) is 0 Å². The Labute approximate surface area is 64.4 Å². The first-order valence-electron chi connectivity index (χ1n) is 4.44. The number of likely N-dealkylation sites (tertiary alicyclic amines) is 1. The molecular weight excluding hydrogens is 122 g/mol. The molecule has 2 unspecified atom stereocenters. The Bertz CT molecular complexity index is 90.9. The predicted molar refractivity (Wildman–Crippen MR) is 45.1 cm³/mol. The van der Waals surface area contributed by atoms with Gasteiger partial charge in [0, 0.05) is 12.6 Å². The molecule has 0 aliphatic carbocycles. The topological polar surface area (TPSA) is 3.24 Å². The smallest absolute Gasteiger partial charge is 0.00671 e. The summed E-state index contributed by atoms with van der Waals surface area (Å²) in [6, 6.07) is 0.830. The van der Waals surface area contributed by atoms with Crippen LogP contribution in [-0.4, -0.2) is 24.5 Å². The monoisotopic (exact) mass is 141 g/mol. The quantitative estimate of drug-likeness (QED) is 0.569. The van der Waals surface area contributed by atoms with Crippen LogP contribution in [0.4, 0.5) is 0 Å². The van der Waals surface area contributed by atoms with Gasteiger partial charge >= 0.3 is 0 Å². The first kappa shape index (κ1) is 8.06. The van der Waals surface area contributed by atoms with Crippen LogP contribution in [0.15, 0.2) is 0 Å². The van der Waals surface area contributed by atoms with Gasteiger partial charge in [0.05, 0.1) is 0 Å². The van der Waals surface area contributed by atoms with Crippen LogP contribution >= 0.6 is 0 Å². The summed E-state index contributed by atoms with van der Waals surface area (Å²) in [5, 5.41) is 0. The summed E-state index contributed by atoms with van der Waals surface area (Å²) < 4.78 is 0. The van der Waals surface area contributed by atoms with Gasteiger partial charge in [-0.1, -0.05) is 13.3 Å². The minimum absolute atomic E-state index is 0.830. The minimum Gasteiger partial charge on any atom is -0.303 e. The fourth-order valence-electron chi connectivity index (χ4n) is 1.94. The molecule has 2 atom stereocenters. The van der Waals surface area contributed by atoms with Crippen molar-refractivity contribution < 1.29 is 0 Å². The number of hydrogen-bond donors (Lipinski definition) is 0. The molecule has 1 aliphatic heterocycles. The van der Waals surface area contributed by atoms with Crippen LogP contribution in [0.1, 0.15) is 33.1 Å². The number of rotatable bonds is 2. The second-order valence-electron chi connectivity index (χ2n) is 3.68. The first-order valence-corrected chi connectivity index (χ1v) is 4.44. The number of nitrogens with zero attached hydrogens (tertiary/aromatic N) is 1. The molecule has 0 radical (unpaired) electrons. The summed E-state index contributed by atoms with van der Waals surface area (Å²) in [5.74, 6) is 0.991. The zero-order chi connectivity index (χ0) is 7.56. The Kier molecular flexibility index (Phi) is 2.72. The van der Waals surface area contributed by atoms with Gasteiger partial charge in [0.25, 0.3) is 0 Å². The highest BCUT2D eigenvalue weighted by molar-refractivity contribution is 4.79. The predicted octanol–water partition coefficient (Wildman–Crippen LogP) is 2.13. The Balaban J connectivity index is 2.27. The highest BCUT2D eigenvalue weighted by Crippen LogP contribution is 2.24. The highest BCUT2D eigenvalue weighted by atomic mass is 15.1. The Morgan fingerprint density at radius 2 is 2.20 bits per heavy atom. The van der Waals surface area contributed by atoms with Crippen LogP contribution < -0.4 is 0 Å². The van der Waals surface area contributed by atoms with Gasteiger partial charge in [-0.25, -0.2) is 0 Å². The maximum Gasteiger partial charge on any atom is 0.00671 e. The summed E-state index contributed by atoms with van der Waals surface area (Å²) in [6.45, 7) is 5.94. The van der Waals surface area contributed by atoms with Crippen molar-refractivity contribution in [1.82, 2.24) is 4.90 Å². The Morgan fingerprint density at radius 1 is 1.50 bits per heavy atom. The van der Waals surface area contributed by atoms with Gasteiger partial charge in [0.2, 0.25) is 0 Å². The molecule has 0 aromatic rings. The molecular formula is C9H19N. The van der Waals surface area contributed by atoms with Crippen molar-refractivity contribution in [2.45, 2.75) is 39.2 Å². The summed E-state index contributed by atoms with van der Waals surface area (Å²) in [5.41, 5.74) is 0. The third-order valence-electron chi connectivity index (χ3n) is 2.67. The van der Waals surface area contributed by atoms with Gasteiger partial charge in [0.15, 0.2) is 0 Å². The van der Waals surface area contributed by atoms with E-state index in [-0.39, 0.29) is 0 Å². The van der Waals surface area contributed by atoms with Gasteiger partial charge in [0.1, 0.15) is 0 Å². The van der Waals surface area contributed by atoms with Crippen LogP contribution in [0.2, 0.25) is 0 Å². The molecule has 0 saturated carbocycles. The lowest BCUT2D eigenvalue weighted by atomic mass is 10.0. The molecule has 0 bridgehead atoms. The zero-order valence-corrected chi connectivity index (χ0v) is 7.43. The molecule has 10 heavy (non-hydrogen) atoms. The molecule has 0 aromatic heterocycles. The summed E-state index contributed by atoms with van der Waals surface area (Å²) in [6.07, 6.45) is 4.20. The summed E-state index contributed by atoms with van der Waals surface area (Å²) in [4.78, 5) is 2.47. The lowest BCUT2D eigenvalue weighted by Gasteiger charge is -2.12. The third kappa shape index (κ3) is 1.72. The fraction of sp³-hybridized carbons (Fsp3) is 1.00. The molecule has 1 aliphatic rings. The maximum absolute atomic E-state index is 2.47. The standard InChI is InChI=1S/C9H19N/c1-4-5-9-6-8(2)10(3)7-9/h8-9H,4-7H2,1-3H3. The summed E-state index contributed by atoms with van der Waals surface area (Å²) in [7, 11) is 2.24. The van der Waals surface area contributed by atoms with Crippen molar-refractivity contribution in [3.05, 3.63) is 0 Å². The van der Waals surface area contributed by atoms with Gasteiger partial charge in [-0.05, 0) is 32.7 Å². The van der Waals surface area contributed by atoms with Gasteiger partial charge in [-0.3, -0.25) is 0 Å². The molecule has 0 aromatic carbocycles. The molecule has 60 valence electrons. The van der Waals surface area contributed by atoms with E-state index < -0.39 is 0 Å². The average Bonchev–Trinajstić information content (AvgIpc) is 2.14. The normalized spacial score (nSPS) is 35.1. The van der Waals surface area contributed by atoms with Crippen molar-refractivity contribution in [2.75, 3.05) is 13.6 Å². The van der Waals surface area contributed by atoms with E-state index in [0.29, 0.717) is 0 Å². The van der Waals surface area contributed by atoms with Crippen molar-refractivity contribution in [3.63, 3.8) is 0 Å². The molecule has 1 saturated heterocycles. The van der Waals surface area contributed by atoms with Gasteiger partial charge in [-0.2, -0.15) is 0 Å². The van der Waals surface area contributed by atoms with Crippen molar-refractivity contribution in [2.24, 2.45) is 5.92 Å². The lowest BCUT2D eigenvalue weighted by molar-refractivity contribution is 0.324. The van der Waals surface area contributed by atoms with Crippen molar-refractivity contribution >= 4 is 0 Å². The lowest BCUT2D eigenvalue weighted by Crippen LogP contribution is -2.21. The minimum atomic E-state index is 0.830. The molecule has 0 spiro atoms. The van der Waals surface area contributed by atoms with E-state index in [0.717, 1.165) is 12.0 Å². The van der Waals surface area contributed by atoms with E-state index in [4.69, 9.17) is 0 Å². The number of hydrogen-bond acceptors (Lipinski definition) is 1. The van der Waals surface area contributed by atoms with Crippen LogP contribution in [0.3, 0.4) is 0 Å². The van der Waals surface area contributed by atoms with E-state index >= 15 is 0 Å². The van der Waals surface area contributed by atoms with Crippen LogP contribution in [0.5, 0.6) is 0 Å². The molecule has 1 rings (SSSR count). The molecule has 1 fully saturated rings. The fourth-order valence-corrected chi connectivity index (χ4v) is 1.94. The zero-order valence-electron chi connectivity index (χ0n) is 7.43. The molecule has 1 heterocycles. The summed E-state index contributed by atoms with van der Waals surface area (Å²) >= 11 is 0. The van der Waals surface area contributed by atoms with Crippen LogP contribution in [0.25, 0.3) is 0 Å². The molecule has 1 nitrogen and oxygen atoms in total. The largest absolute Gasteiger partial charge is 0.303 e. The Morgan fingerprint density at radius 3 is 2.60 bits per heavy atom. The molecule has 0 N–H and O–H groups in total. The maximum atomic E-state index is 2.47. The van der Waals surface area contributed by atoms with Gasteiger partial charge in [-0.15, -0.1) is 0 Å². The van der Waals surface area contributed by atoms with E-state index in [1.165, 1.54) is 25.8 Å². The van der Waals surface area contributed by atoms with Crippen molar-refractivity contribution in [1.29, 1.82) is 0 Å². The molecule has 1 heteroatoms. The third-order valence-corrected chi connectivity index (χ3v) is 2.67. The highest BCUT2D eigenvalue weighted by Gasteiger charge is 2.24. The van der Waals surface area contributed by atoms with Crippen LogP contribution in [0, 0.1) is 5.92 Å². The molecule has 0 amide bonds. The van der Waals surface area contributed by atoms with Crippen LogP contribution in [-0.2, 0) is 0 Å². The average molecular weight is 141 g/mol. The van der Waals surface area contributed by atoms with E-state index in [1.807, 2.05) is 0 Å². The second-order valence-corrected chi connectivity index (χ2v) is 3.68. The SMILES string of the molecule is CCCC1CC(C)N(C)C1. The first-order chi connectivity index (χ1) is 4.74. The van der Waals surface area contributed by atoms with E-state index in [2.05, 4.69) is 25.8 Å². The second kappa shape index (κ2) is 3.38. The Hall–Kier alpha value is -0.0400. The van der Waals surface area contributed by atoms with Gasteiger partial charge < -0.3 is 4.90 Å². The van der Waals surface area contributed by atoms with E-state index in [9.17, 15) is 0 Å². The van der Waals surface area contributed by atoms with Crippen molar-refractivity contribution in [3.8, 4) is 0 Å².